The first-order chi connectivity index (χ1) is 9.63. The summed E-state index contributed by atoms with van der Waals surface area (Å²) in [5.74, 6) is -0.831. The Morgan fingerprint density at radius 1 is 1.15 bits per heavy atom. The van der Waals surface area contributed by atoms with Gasteiger partial charge in [0, 0.05) is 15.4 Å². The number of benzene rings is 2. The minimum absolute atomic E-state index is 0.164. The second-order valence-corrected chi connectivity index (χ2v) is 5.26. The minimum atomic E-state index is -0.459. The number of aromatic nitrogens is 1. The Hall–Kier alpha value is -2.14. The van der Waals surface area contributed by atoms with Crippen LogP contribution in [-0.2, 0) is 0 Å². The molecule has 1 heterocycles. The molecule has 0 aliphatic rings. The Balaban J connectivity index is 1.91. The van der Waals surface area contributed by atoms with Crippen LogP contribution >= 0.6 is 15.9 Å². The van der Waals surface area contributed by atoms with E-state index in [4.69, 9.17) is 0 Å². The van der Waals surface area contributed by atoms with Gasteiger partial charge in [0.25, 0.3) is 5.91 Å². The first-order valence-electron chi connectivity index (χ1n) is 5.97. The van der Waals surface area contributed by atoms with Crippen molar-refractivity contribution in [3.05, 3.63) is 64.5 Å². The lowest BCUT2D eigenvalue weighted by Gasteiger charge is -2.04. The molecule has 0 aliphatic heterocycles. The number of anilines is 1. The third-order valence-electron chi connectivity index (χ3n) is 2.95. The highest BCUT2D eigenvalue weighted by atomic mass is 79.9. The van der Waals surface area contributed by atoms with E-state index in [0.29, 0.717) is 5.69 Å². The highest BCUT2D eigenvalue weighted by molar-refractivity contribution is 9.10. The molecule has 0 atom stereocenters. The van der Waals surface area contributed by atoms with Crippen molar-refractivity contribution in [1.82, 2.24) is 4.98 Å². The second-order valence-electron chi connectivity index (χ2n) is 4.35. The van der Waals surface area contributed by atoms with Crippen molar-refractivity contribution in [3.8, 4) is 0 Å². The van der Waals surface area contributed by atoms with Gasteiger partial charge in [0.05, 0.1) is 5.69 Å². The Morgan fingerprint density at radius 2 is 1.95 bits per heavy atom. The fraction of sp³-hybridized carbons (Fsp3) is 0. The number of aromatic amines is 1. The van der Waals surface area contributed by atoms with E-state index in [9.17, 15) is 9.18 Å². The fourth-order valence-corrected chi connectivity index (χ4v) is 2.33. The Bertz CT molecular complexity index is 797. The van der Waals surface area contributed by atoms with Gasteiger partial charge in [0.15, 0.2) is 0 Å². The van der Waals surface area contributed by atoms with Gasteiger partial charge < -0.3 is 10.3 Å². The van der Waals surface area contributed by atoms with Crippen LogP contribution in [0, 0.1) is 5.82 Å². The number of fused-ring (bicyclic) bond motifs is 1. The van der Waals surface area contributed by atoms with Crippen molar-refractivity contribution < 1.29 is 9.18 Å². The van der Waals surface area contributed by atoms with E-state index in [-0.39, 0.29) is 11.6 Å². The zero-order valence-corrected chi connectivity index (χ0v) is 11.9. The number of carbonyl (C=O) groups is 1. The largest absolute Gasteiger partial charge is 0.350 e. The fourth-order valence-electron chi connectivity index (χ4n) is 1.97. The van der Waals surface area contributed by atoms with Crippen LogP contribution in [0.25, 0.3) is 10.9 Å². The minimum Gasteiger partial charge on any atom is -0.350 e. The van der Waals surface area contributed by atoms with Gasteiger partial charge in [-0.3, -0.25) is 4.79 Å². The molecule has 0 radical (unpaired) electrons. The number of H-pyrrole nitrogens is 1. The summed E-state index contributed by atoms with van der Waals surface area (Å²) in [6.45, 7) is 0. The summed E-state index contributed by atoms with van der Waals surface area (Å²) in [4.78, 5) is 15.1. The van der Waals surface area contributed by atoms with E-state index < -0.39 is 5.82 Å². The summed E-state index contributed by atoms with van der Waals surface area (Å²) in [5, 5.41) is 3.47. The highest BCUT2D eigenvalue weighted by Gasteiger charge is 2.11. The molecule has 1 aromatic heterocycles. The summed E-state index contributed by atoms with van der Waals surface area (Å²) in [5.41, 5.74) is 1.40. The summed E-state index contributed by atoms with van der Waals surface area (Å²) in [6, 6.07) is 13.5. The summed E-state index contributed by atoms with van der Waals surface area (Å²) >= 11 is 3.37. The lowest BCUT2D eigenvalue weighted by atomic mass is 10.2. The van der Waals surface area contributed by atoms with Gasteiger partial charge in [-0.2, -0.15) is 0 Å². The maximum Gasteiger partial charge on any atom is 0.272 e. The molecule has 2 aromatic carbocycles. The quantitative estimate of drug-likeness (QED) is 0.721. The topological polar surface area (TPSA) is 44.9 Å². The van der Waals surface area contributed by atoms with Crippen LogP contribution in [0.4, 0.5) is 10.1 Å². The summed E-state index contributed by atoms with van der Waals surface area (Å²) < 4.78 is 14.4. The van der Waals surface area contributed by atoms with Crippen molar-refractivity contribution >= 4 is 38.4 Å². The molecule has 0 fully saturated rings. The van der Waals surface area contributed by atoms with Gasteiger partial charge in [-0.1, -0.05) is 34.1 Å². The lowest BCUT2D eigenvalue weighted by Crippen LogP contribution is -2.13. The molecule has 5 heteroatoms. The number of hydrogen-bond acceptors (Lipinski definition) is 1. The zero-order chi connectivity index (χ0) is 14.1. The molecule has 0 aliphatic carbocycles. The van der Waals surface area contributed by atoms with Gasteiger partial charge >= 0.3 is 0 Å². The van der Waals surface area contributed by atoms with Crippen LogP contribution in [-0.4, -0.2) is 10.9 Å². The molecule has 1 amide bonds. The molecule has 0 spiro atoms. The predicted molar refractivity (Wildman–Crippen MR) is 80.4 cm³/mol. The molecule has 3 nitrogen and oxygen atoms in total. The molecular formula is C15H10BrFN2O. The molecule has 2 N–H and O–H groups in total. The Morgan fingerprint density at radius 3 is 2.75 bits per heavy atom. The van der Waals surface area contributed by atoms with Crippen LogP contribution in [0.2, 0.25) is 0 Å². The number of amides is 1. The second kappa shape index (κ2) is 5.09. The summed E-state index contributed by atoms with van der Waals surface area (Å²) in [7, 11) is 0. The molecule has 100 valence electrons. The van der Waals surface area contributed by atoms with Crippen molar-refractivity contribution in [1.29, 1.82) is 0 Å². The van der Waals surface area contributed by atoms with Crippen LogP contribution in [0.5, 0.6) is 0 Å². The number of nitrogens with one attached hydrogen (secondary N) is 2. The lowest BCUT2D eigenvalue weighted by molar-refractivity contribution is 0.102. The van der Waals surface area contributed by atoms with E-state index in [2.05, 4.69) is 26.2 Å². The van der Waals surface area contributed by atoms with E-state index in [0.717, 1.165) is 15.4 Å². The Kier molecular flexibility index (Phi) is 3.28. The van der Waals surface area contributed by atoms with Crippen molar-refractivity contribution in [2.45, 2.75) is 0 Å². The maximum absolute atomic E-state index is 13.5. The predicted octanol–water partition coefficient (Wildman–Crippen LogP) is 4.32. The molecule has 20 heavy (non-hydrogen) atoms. The average Bonchev–Trinajstić information content (AvgIpc) is 2.84. The van der Waals surface area contributed by atoms with E-state index >= 15 is 0 Å². The number of para-hydroxylation sites is 1. The molecular weight excluding hydrogens is 323 g/mol. The van der Waals surface area contributed by atoms with Gasteiger partial charge in [-0.15, -0.1) is 0 Å². The van der Waals surface area contributed by atoms with Crippen LogP contribution in [0.1, 0.15) is 10.5 Å². The van der Waals surface area contributed by atoms with Crippen LogP contribution in [0.3, 0.4) is 0 Å². The Labute approximate surface area is 122 Å². The van der Waals surface area contributed by atoms with E-state index in [1.165, 1.54) is 12.1 Å². The summed E-state index contributed by atoms with van der Waals surface area (Å²) in [6.07, 6.45) is 0. The first-order valence-corrected chi connectivity index (χ1v) is 6.77. The van der Waals surface area contributed by atoms with Crippen molar-refractivity contribution in [2.75, 3.05) is 5.32 Å². The average molecular weight is 333 g/mol. The zero-order valence-electron chi connectivity index (χ0n) is 10.3. The highest BCUT2D eigenvalue weighted by Crippen LogP contribution is 2.21. The standard InChI is InChI=1S/C15H10BrFN2O/c16-10-6-5-9-7-14(18-13(9)8-10)15(20)19-12-4-2-1-3-11(12)17/h1-8,18H,(H,19,20). The molecule has 0 bridgehead atoms. The van der Waals surface area contributed by atoms with Gasteiger partial charge in [0.2, 0.25) is 0 Å². The third kappa shape index (κ3) is 2.44. The van der Waals surface area contributed by atoms with Gasteiger partial charge in [-0.05, 0) is 30.3 Å². The maximum atomic E-state index is 13.5. The molecule has 3 aromatic rings. The van der Waals surface area contributed by atoms with Gasteiger partial charge in [0.1, 0.15) is 11.5 Å². The molecule has 3 rings (SSSR count). The smallest absolute Gasteiger partial charge is 0.272 e. The molecule has 0 saturated heterocycles. The third-order valence-corrected chi connectivity index (χ3v) is 3.44. The number of hydrogen-bond donors (Lipinski definition) is 2. The van der Waals surface area contributed by atoms with Crippen LogP contribution < -0.4 is 5.32 Å². The van der Waals surface area contributed by atoms with E-state index in [1.807, 2.05) is 18.2 Å². The number of rotatable bonds is 2. The normalized spacial score (nSPS) is 10.7. The van der Waals surface area contributed by atoms with Crippen molar-refractivity contribution in [2.24, 2.45) is 0 Å². The molecule has 0 saturated carbocycles. The van der Waals surface area contributed by atoms with Crippen LogP contribution in [0.15, 0.2) is 53.0 Å². The van der Waals surface area contributed by atoms with E-state index in [1.54, 1.807) is 18.2 Å². The monoisotopic (exact) mass is 332 g/mol. The SMILES string of the molecule is O=C(Nc1ccccc1F)c1cc2ccc(Br)cc2[nH]1. The van der Waals surface area contributed by atoms with Gasteiger partial charge in [-0.25, -0.2) is 4.39 Å². The number of carbonyl (C=O) groups excluding carboxylic acids is 1. The molecule has 0 unspecified atom stereocenters. The first kappa shape index (κ1) is 12.9. The number of halogens is 2. The van der Waals surface area contributed by atoms with Crippen molar-refractivity contribution in [3.63, 3.8) is 0 Å².